The lowest BCUT2D eigenvalue weighted by atomic mass is 10.2. The number of hydrogen-bond acceptors (Lipinski definition) is 11. The van der Waals surface area contributed by atoms with Crippen LogP contribution in [0.15, 0.2) is 48.8 Å². The fraction of sp³-hybridized carbons (Fsp3) is 0.240. The van der Waals surface area contributed by atoms with E-state index in [0.29, 0.717) is 28.0 Å². The minimum atomic E-state index is -1.17. The SMILES string of the molecule is Nc1ccc(-c2cc(-n3ccc(CN(CC(=O)O)CC(=O)O)n3)nc(-n3ccc(CN(CC(=O)O)CC(=O)O)n3)c2)s1. The van der Waals surface area contributed by atoms with E-state index in [-0.39, 0.29) is 13.1 Å². The standard InChI is InChI=1S/C25H26N8O8S/c26-19-2-1-18(42-19)15-7-20(32-5-3-16(28-32)9-30(11-22(34)35)12-23(36)37)27-21(8-15)33-6-4-17(29-33)10-31(13-24(38)39)14-25(40)41/h1-8H,9-14,26H2,(H,34,35)(H,36,37)(H,38,39)(H,40,41). The average molecular weight is 599 g/mol. The van der Waals surface area contributed by atoms with Crippen molar-refractivity contribution in [2.24, 2.45) is 0 Å². The fourth-order valence-corrected chi connectivity index (χ4v) is 4.85. The molecule has 0 radical (unpaired) electrons. The fourth-order valence-electron chi connectivity index (χ4n) is 4.09. The van der Waals surface area contributed by atoms with Gasteiger partial charge in [-0.2, -0.15) is 10.2 Å². The highest BCUT2D eigenvalue weighted by Gasteiger charge is 2.18. The molecule has 6 N–H and O–H groups in total. The third-order valence-corrected chi connectivity index (χ3v) is 6.64. The molecule has 4 rings (SSSR count). The summed E-state index contributed by atoms with van der Waals surface area (Å²) in [6.07, 6.45) is 3.22. The highest BCUT2D eigenvalue weighted by molar-refractivity contribution is 7.19. The largest absolute Gasteiger partial charge is 0.480 e. The Morgan fingerprint density at radius 3 is 1.50 bits per heavy atom. The molecule has 0 aromatic carbocycles. The molecule has 0 aliphatic rings. The van der Waals surface area contributed by atoms with Crippen molar-refractivity contribution in [3.8, 4) is 22.1 Å². The molecule has 4 aromatic heterocycles. The van der Waals surface area contributed by atoms with E-state index in [1.54, 1.807) is 42.7 Å². The van der Waals surface area contributed by atoms with Crippen molar-refractivity contribution in [2.45, 2.75) is 13.1 Å². The number of nitrogens with two attached hydrogens (primary N) is 1. The van der Waals surface area contributed by atoms with Crippen molar-refractivity contribution in [2.75, 3.05) is 31.9 Å². The summed E-state index contributed by atoms with van der Waals surface area (Å²) in [4.78, 5) is 52.6. The lowest BCUT2D eigenvalue weighted by Crippen LogP contribution is -2.34. The highest BCUT2D eigenvalue weighted by Crippen LogP contribution is 2.31. The zero-order valence-corrected chi connectivity index (χ0v) is 22.7. The molecule has 0 atom stereocenters. The maximum atomic E-state index is 11.2. The molecule has 16 nitrogen and oxygen atoms in total. The van der Waals surface area contributed by atoms with Gasteiger partial charge in [0.2, 0.25) is 0 Å². The number of pyridine rings is 1. The van der Waals surface area contributed by atoms with Crippen molar-refractivity contribution in [1.29, 1.82) is 0 Å². The number of carboxylic acid groups (broad SMARTS) is 4. The van der Waals surface area contributed by atoms with E-state index in [1.807, 2.05) is 6.07 Å². The van der Waals surface area contributed by atoms with Gasteiger partial charge in [-0.3, -0.25) is 29.0 Å². The van der Waals surface area contributed by atoms with Gasteiger partial charge in [-0.15, -0.1) is 11.3 Å². The molecule has 0 saturated heterocycles. The van der Waals surface area contributed by atoms with Crippen molar-refractivity contribution in [3.05, 3.63) is 60.2 Å². The molecule has 0 amide bonds. The second kappa shape index (κ2) is 13.0. The van der Waals surface area contributed by atoms with Gasteiger partial charge in [0.05, 0.1) is 42.6 Å². The molecule has 4 heterocycles. The Morgan fingerprint density at radius 1 is 0.714 bits per heavy atom. The van der Waals surface area contributed by atoms with E-state index < -0.39 is 50.1 Å². The van der Waals surface area contributed by atoms with Gasteiger partial charge < -0.3 is 26.2 Å². The van der Waals surface area contributed by atoms with E-state index in [0.717, 1.165) is 10.4 Å². The summed E-state index contributed by atoms with van der Waals surface area (Å²) in [5, 5.41) is 46.0. The molecule has 0 aliphatic heterocycles. The molecule has 0 saturated carbocycles. The number of thiophene rings is 1. The van der Waals surface area contributed by atoms with Crippen LogP contribution in [0.5, 0.6) is 0 Å². The number of carbonyl (C=O) groups is 4. The Bertz CT molecular complexity index is 1490. The molecule has 42 heavy (non-hydrogen) atoms. The number of anilines is 1. The van der Waals surface area contributed by atoms with Gasteiger partial charge >= 0.3 is 23.9 Å². The second-order valence-corrected chi connectivity index (χ2v) is 10.3. The second-order valence-electron chi connectivity index (χ2n) is 9.14. The first kappa shape index (κ1) is 29.8. The minimum absolute atomic E-state index is 0.0225. The Hall–Kier alpha value is -5.13. The van der Waals surface area contributed by atoms with Crippen LogP contribution in [0.4, 0.5) is 5.00 Å². The third-order valence-electron chi connectivity index (χ3n) is 5.67. The molecule has 4 aromatic rings. The first-order valence-electron chi connectivity index (χ1n) is 12.2. The topological polar surface area (TPSA) is 230 Å². The summed E-state index contributed by atoms with van der Waals surface area (Å²) in [5.74, 6) is -3.93. The normalized spacial score (nSPS) is 11.3. The summed E-state index contributed by atoms with van der Waals surface area (Å²) >= 11 is 1.35. The van der Waals surface area contributed by atoms with Crippen LogP contribution in [0, 0.1) is 0 Å². The number of nitrogens with zero attached hydrogens (tertiary/aromatic N) is 7. The number of carboxylic acids is 4. The Morgan fingerprint density at radius 2 is 1.14 bits per heavy atom. The molecule has 0 bridgehead atoms. The number of hydrogen-bond donors (Lipinski definition) is 5. The van der Waals surface area contributed by atoms with Crippen LogP contribution in [0.1, 0.15) is 11.4 Å². The molecule has 220 valence electrons. The van der Waals surface area contributed by atoms with Crippen molar-refractivity contribution < 1.29 is 39.6 Å². The van der Waals surface area contributed by atoms with Crippen molar-refractivity contribution in [3.63, 3.8) is 0 Å². The molecule has 17 heteroatoms. The van der Waals surface area contributed by atoms with Crippen molar-refractivity contribution in [1.82, 2.24) is 34.3 Å². The van der Waals surface area contributed by atoms with Crippen LogP contribution in [-0.2, 0) is 32.3 Å². The smallest absolute Gasteiger partial charge is 0.317 e. The van der Waals surface area contributed by atoms with Crippen LogP contribution in [-0.4, -0.2) is 105 Å². The highest BCUT2D eigenvalue weighted by atomic mass is 32.1. The van der Waals surface area contributed by atoms with Crippen LogP contribution in [0.2, 0.25) is 0 Å². The summed E-state index contributed by atoms with van der Waals surface area (Å²) in [6.45, 7) is -1.95. The van der Waals surface area contributed by atoms with Gasteiger partial charge in [-0.05, 0) is 42.0 Å². The van der Waals surface area contributed by atoms with E-state index in [4.69, 9.17) is 26.2 Å². The summed E-state index contributed by atoms with van der Waals surface area (Å²) in [5.41, 5.74) is 7.52. The maximum absolute atomic E-state index is 11.2. The quantitative estimate of drug-likeness (QED) is 0.127. The van der Waals surface area contributed by atoms with Gasteiger partial charge in [-0.25, -0.2) is 14.3 Å². The maximum Gasteiger partial charge on any atom is 0.317 e. The predicted molar refractivity (Wildman–Crippen MR) is 147 cm³/mol. The number of aliphatic carboxylic acids is 4. The van der Waals surface area contributed by atoms with Crippen LogP contribution in [0.25, 0.3) is 22.1 Å². The zero-order chi connectivity index (χ0) is 30.4. The molecule has 0 spiro atoms. The summed E-state index contributed by atoms with van der Waals surface area (Å²) in [7, 11) is 0. The molecule has 0 aliphatic carbocycles. The van der Waals surface area contributed by atoms with Crippen molar-refractivity contribution >= 4 is 40.2 Å². The lowest BCUT2D eigenvalue weighted by molar-refractivity contribution is -0.144. The summed E-state index contributed by atoms with van der Waals surface area (Å²) < 4.78 is 2.93. The minimum Gasteiger partial charge on any atom is -0.480 e. The molecular formula is C25H26N8O8S. The lowest BCUT2D eigenvalue weighted by Gasteiger charge is -2.16. The van der Waals surface area contributed by atoms with E-state index in [1.165, 1.54) is 30.5 Å². The van der Waals surface area contributed by atoms with Gasteiger partial charge in [0.15, 0.2) is 11.6 Å². The van der Waals surface area contributed by atoms with Gasteiger partial charge in [0.25, 0.3) is 0 Å². The number of nitrogen functional groups attached to an aromatic ring is 1. The van der Waals surface area contributed by atoms with Crippen LogP contribution < -0.4 is 5.73 Å². The first-order chi connectivity index (χ1) is 19.9. The Labute approximate surface area is 241 Å². The van der Waals surface area contributed by atoms with E-state index >= 15 is 0 Å². The van der Waals surface area contributed by atoms with Crippen LogP contribution in [0.3, 0.4) is 0 Å². The van der Waals surface area contributed by atoms with Gasteiger partial charge in [-0.1, -0.05) is 0 Å². The zero-order valence-electron chi connectivity index (χ0n) is 21.9. The Kier molecular flexibility index (Phi) is 9.25. The first-order valence-corrected chi connectivity index (χ1v) is 13.1. The molecular weight excluding hydrogens is 572 g/mol. The molecule has 0 unspecified atom stereocenters. The third kappa shape index (κ3) is 8.19. The number of aromatic nitrogens is 5. The number of rotatable bonds is 15. The molecule has 0 fully saturated rings. The summed E-state index contributed by atoms with van der Waals surface area (Å²) in [6, 6.07) is 10.4. The Balaban J connectivity index is 1.66. The van der Waals surface area contributed by atoms with E-state index in [9.17, 15) is 19.2 Å². The van der Waals surface area contributed by atoms with Crippen LogP contribution >= 0.6 is 11.3 Å². The van der Waals surface area contributed by atoms with Gasteiger partial charge in [0, 0.05) is 30.4 Å². The van der Waals surface area contributed by atoms with Gasteiger partial charge in [0.1, 0.15) is 0 Å². The predicted octanol–water partition coefficient (Wildman–Crippen LogP) is 0.706. The monoisotopic (exact) mass is 598 g/mol. The average Bonchev–Trinajstić information content (AvgIpc) is 3.64. The van der Waals surface area contributed by atoms with E-state index in [2.05, 4.69) is 15.2 Å².